The maximum absolute atomic E-state index is 13.2. The Bertz CT molecular complexity index is 1270. The molecule has 3 aromatic rings. The van der Waals surface area contributed by atoms with Crippen molar-refractivity contribution >= 4 is 55.9 Å². The fourth-order valence-electron chi connectivity index (χ4n) is 2.78. The molecule has 1 heterocycles. The van der Waals surface area contributed by atoms with Crippen LogP contribution >= 0.6 is 23.4 Å². The smallest absolute Gasteiger partial charge is 0.325 e. The summed E-state index contributed by atoms with van der Waals surface area (Å²) in [4.78, 5) is 15.0. The van der Waals surface area contributed by atoms with E-state index in [2.05, 4.69) is 15.0 Å². The van der Waals surface area contributed by atoms with E-state index in [1.807, 2.05) is 0 Å². The molecule has 0 aliphatic rings. The number of nitrogens with zero attached hydrogens (tertiary/aromatic N) is 1. The van der Waals surface area contributed by atoms with Gasteiger partial charge in [-0.2, -0.15) is 13.2 Å². The number of aromatic nitrogens is 1. The third kappa shape index (κ3) is 5.91. The lowest BCUT2D eigenvalue weighted by Crippen LogP contribution is -2.26. The Morgan fingerprint density at radius 3 is 2.53 bits per heavy atom. The maximum atomic E-state index is 13.2. The van der Waals surface area contributed by atoms with Crippen LogP contribution in [0.1, 0.15) is 12.6 Å². The van der Waals surface area contributed by atoms with Crippen molar-refractivity contribution in [2.75, 3.05) is 17.6 Å². The Kier molecular flexibility index (Phi) is 7.33. The first-order valence-corrected chi connectivity index (χ1v) is 12.0. The summed E-state index contributed by atoms with van der Waals surface area (Å²) in [5.41, 5.74) is -0.522. The number of carbonyl (C=O) groups is 1. The van der Waals surface area contributed by atoms with Crippen LogP contribution in [0.25, 0.3) is 10.9 Å². The maximum Gasteiger partial charge on any atom is 0.433 e. The van der Waals surface area contributed by atoms with Gasteiger partial charge in [0.2, 0.25) is 15.9 Å². The number of hydrogen-bond donors (Lipinski definition) is 2. The van der Waals surface area contributed by atoms with Crippen molar-refractivity contribution in [2.45, 2.75) is 22.9 Å². The molecule has 0 saturated heterocycles. The highest BCUT2D eigenvalue weighted by Crippen LogP contribution is 2.34. The van der Waals surface area contributed by atoms with Gasteiger partial charge >= 0.3 is 6.18 Å². The second-order valence-electron chi connectivity index (χ2n) is 6.59. The summed E-state index contributed by atoms with van der Waals surface area (Å²) in [5.74, 6) is -0.169. The van der Waals surface area contributed by atoms with E-state index < -0.39 is 21.9 Å². The number of nitrogens with one attached hydrogen (secondary N) is 2. The van der Waals surface area contributed by atoms with Crippen LogP contribution in [0.3, 0.4) is 0 Å². The van der Waals surface area contributed by atoms with Crippen molar-refractivity contribution in [1.82, 2.24) is 9.71 Å². The number of hydrogen-bond acceptors (Lipinski definition) is 5. The summed E-state index contributed by atoms with van der Waals surface area (Å²) in [7, 11) is -3.91. The van der Waals surface area contributed by atoms with Crippen LogP contribution < -0.4 is 10.0 Å². The van der Waals surface area contributed by atoms with E-state index in [4.69, 9.17) is 11.6 Å². The van der Waals surface area contributed by atoms with E-state index in [-0.39, 0.29) is 39.3 Å². The van der Waals surface area contributed by atoms with Crippen LogP contribution in [-0.4, -0.2) is 31.6 Å². The zero-order chi connectivity index (χ0) is 23.5. The van der Waals surface area contributed by atoms with Gasteiger partial charge in [0, 0.05) is 29.5 Å². The number of thioether (sulfide) groups is 1. The van der Waals surface area contributed by atoms with Crippen LogP contribution in [0.5, 0.6) is 0 Å². The number of fused-ring (bicyclic) bond motifs is 1. The lowest BCUT2D eigenvalue weighted by molar-refractivity contribution is -0.141. The van der Waals surface area contributed by atoms with Crippen LogP contribution in [0.15, 0.2) is 58.3 Å². The molecule has 2 aromatic carbocycles. The fourth-order valence-corrected chi connectivity index (χ4v) is 5.21. The molecular weight excluding hydrogens is 487 g/mol. The first-order valence-electron chi connectivity index (χ1n) is 9.14. The number of benzene rings is 2. The molecule has 3 rings (SSSR count). The molecule has 0 aliphatic carbocycles. The molecule has 0 saturated carbocycles. The number of pyridine rings is 1. The van der Waals surface area contributed by atoms with Gasteiger partial charge in [0.1, 0.15) is 5.69 Å². The largest absolute Gasteiger partial charge is 0.433 e. The monoisotopic (exact) mass is 503 g/mol. The van der Waals surface area contributed by atoms with Crippen molar-refractivity contribution in [1.29, 1.82) is 0 Å². The van der Waals surface area contributed by atoms with E-state index in [1.54, 1.807) is 18.2 Å². The molecule has 0 bridgehead atoms. The van der Waals surface area contributed by atoms with Crippen molar-refractivity contribution in [2.24, 2.45) is 0 Å². The summed E-state index contributed by atoms with van der Waals surface area (Å²) in [5, 5.41) is 3.08. The quantitative estimate of drug-likeness (QED) is 0.352. The highest BCUT2D eigenvalue weighted by molar-refractivity contribution is 7.99. The third-order valence-electron chi connectivity index (χ3n) is 4.18. The molecule has 6 nitrogen and oxygen atoms in total. The van der Waals surface area contributed by atoms with Gasteiger partial charge < -0.3 is 5.32 Å². The number of rotatable bonds is 7. The number of para-hydroxylation sites is 1. The van der Waals surface area contributed by atoms with Crippen LogP contribution in [-0.2, 0) is 21.0 Å². The molecule has 0 radical (unpaired) electrons. The number of anilines is 1. The first kappa shape index (κ1) is 24.3. The van der Waals surface area contributed by atoms with Gasteiger partial charge in [-0.05, 0) is 30.3 Å². The van der Waals surface area contributed by atoms with Gasteiger partial charge in [-0.15, -0.1) is 11.8 Å². The topological polar surface area (TPSA) is 88.2 Å². The van der Waals surface area contributed by atoms with Crippen LogP contribution in [0.4, 0.5) is 18.9 Å². The minimum atomic E-state index is -4.59. The van der Waals surface area contributed by atoms with Gasteiger partial charge in [-0.25, -0.2) is 18.1 Å². The van der Waals surface area contributed by atoms with Crippen molar-refractivity contribution in [3.8, 4) is 0 Å². The lowest BCUT2D eigenvalue weighted by atomic mass is 10.2. The Morgan fingerprint density at radius 1 is 1.16 bits per heavy atom. The standard InChI is InChI=1S/C20H17ClF3N3O3S2/c1-12(28)26-17-7-6-13(10-15(17)21)32(29,30)25-8-9-31-18-11-19(20(22,23)24)27-16-5-3-2-4-14(16)18/h2-7,10-11,25H,8-9H2,1H3,(H,26,28). The van der Waals surface area contributed by atoms with Gasteiger partial charge in [-0.3, -0.25) is 4.79 Å². The molecule has 0 spiro atoms. The summed E-state index contributed by atoms with van der Waals surface area (Å²) in [6.07, 6.45) is -4.59. The Labute approximate surface area is 191 Å². The average molecular weight is 504 g/mol. The molecule has 1 amide bonds. The number of alkyl halides is 3. The molecule has 0 unspecified atom stereocenters. The second kappa shape index (κ2) is 9.65. The molecule has 32 heavy (non-hydrogen) atoms. The third-order valence-corrected chi connectivity index (χ3v) is 7.01. The molecule has 0 atom stereocenters. The number of halogens is 4. The van der Waals surface area contributed by atoms with E-state index >= 15 is 0 Å². The predicted molar refractivity (Wildman–Crippen MR) is 118 cm³/mol. The first-order chi connectivity index (χ1) is 15.0. The number of amides is 1. The SMILES string of the molecule is CC(=O)Nc1ccc(S(=O)(=O)NCCSc2cc(C(F)(F)F)nc3ccccc23)cc1Cl. The van der Waals surface area contributed by atoms with Crippen molar-refractivity contribution < 1.29 is 26.4 Å². The van der Waals surface area contributed by atoms with E-state index in [9.17, 15) is 26.4 Å². The van der Waals surface area contributed by atoms with Crippen LogP contribution in [0, 0.1) is 0 Å². The molecule has 0 fully saturated rings. The fraction of sp³-hybridized carbons (Fsp3) is 0.200. The minimum Gasteiger partial charge on any atom is -0.325 e. The van der Waals surface area contributed by atoms with E-state index in [0.29, 0.717) is 10.3 Å². The summed E-state index contributed by atoms with van der Waals surface area (Å²) < 4.78 is 66.9. The Balaban J connectivity index is 1.70. The minimum absolute atomic E-state index is 0.0317. The Hall–Kier alpha value is -2.34. The van der Waals surface area contributed by atoms with Crippen molar-refractivity contribution in [3.63, 3.8) is 0 Å². The average Bonchev–Trinajstić information content (AvgIpc) is 2.71. The van der Waals surface area contributed by atoms with Crippen LogP contribution in [0.2, 0.25) is 5.02 Å². The Morgan fingerprint density at radius 2 is 1.88 bits per heavy atom. The zero-order valence-corrected chi connectivity index (χ0v) is 18.9. The van der Waals surface area contributed by atoms with Gasteiger partial charge in [-0.1, -0.05) is 29.8 Å². The summed E-state index contributed by atoms with van der Waals surface area (Å²) >= 11 is 7.11. The van der Waals surface area contributed by atoms with Gasteiger partial charge in [0.05, 0.1) is 21.1 Å². The van der Waals surface area contributed by atoms with Gasteiger partial charge in [0.15, 0.2) is 0 Å². The van der Waals surface area contributed by atoms with E-state index in [0.717, 1.165) is 17.8 Å². The highest BCUT2D eigenvalue weighted by atomic mass is 35.5. The normalized spacial score (nSPS) is 12.2. The zero-order valence-electron chi connectivity index (χ0n) is 16.5. The molecule has 0 aliphatic heterocycles. The summed E-state index contributed by atoms with van der Waals surface area (Å²) in [6.45, 7) is 1.26. The number of sulfonamides is 1. The van der Waals surface area contributed by atoms with E-state index in [1.165, 1.54) is 31.2 Å². The molecule has 170 valence electrons. The molecule has 2 N–H and O–H groups in total. The lowest BCUT2D eigenvalue weighted by Gasteiger charge is -2.12. The second-order valence-corrected chi connectivity index (χ2v) is 9.90. The number of carbonyl (C=O) groups excluding carboxylic acids is 1. The molecule has 1 aromatic heterocycles. The van der Waals surface area contributed by atoms with Crippen molar-refractivity contribution in [3.05, 3.63) is 59.2 Å². The summed E-state index contributed by atoms with van der Waals surface area (Å²) in [6, 6.07) is 11.3. The molecular formula is C20H17ClF3N3O3S2. The predicted octanol–water partition coefficient (Wildman–Crippen LogP) is 4.94. The molecule has 12 heteroatoms. The highest BCUT2D eigenvalue weighted by Gasteiger charge is 2.33. The van der Waals surface area contributed by atoms with Gasteiger partial charge in [0.25, 0.3) is 0 Å².